The Hall–Kier alpha value is -1.37. The van der Waals surface area contributed by atoms with Crippen molar-refractivity contribution >= 4 is 33.4 Å². The summed E-state index contributed by atoms with van der Waals surface area (Å²) in [6, 6.07) is 7.32. The molecular formula is C13H13BrClN3O2. The van der Waals surface area contributed by atoms with Crippen molar-refractivity contribution in [3.05, 3.63) is 50.8 Å². The first-order valence-electron chi connectivity index (χ1n) is 5.87. The summed E-state index contributed by atoms with van der Waals surface area (Å²) in [6.07, 6.45) is 0. The van der Waals surface area contributed by atoms with Crippen LogP contribution in [0.15, 0.2) is 38.4 Å². The zero-order valence-corrected chi connectivity index (χ0v) is 13.1. The highest BCUT2D eigenvalue weighted by molar-refractivity contribution is 9.10. The number of benzene rings is 1. The van der Waals surface area contributed by atoms with Crippen LogP contribution in [0.1, 0.15) is 16.9 Å². The van der Waals surface area contributed by atoms with E-state index >= 15 is 0 Å². The van der Waals surface area contributed by atoms with Gasteiger partial charge in [0.25, 0.3) is 0 Å². The lowest BCUT2D eigenvalue weighted by molar-refractivity contribution is 0.284. The summed E-state index contributed by atoms with van der Waals surface area (Å²) < 4.78 is 5.66. The molecule has 0 atom stereocenters. The van der Waals surface area contributed by atoms with Crippen LogP contribution in [0.2, 0.25) is 5.02 Å². The van der Waals surface area contributed by atoms with Crippen molar-refractivity contribution in [2.24, 2.45) is 4.99 Å². The van der Waals surface area contributed by atoms with Crippen LogP contribution in [-0.2, 0) is 6.54 Å². The monoisotopic (exact) mass is 357 g/mol. The molecule has 5 nitrogen and oxygen atoms in total. The van der Waals surface area contributed by atoms with Crippen LogP contribution in [0.3, 0.4) is 0 Å². The highest BCUT2D eigenvalue weighted by Gasteiger charge is 2.09. The summed E-state index contributed by atoms with van der Waals surface area (Å²) in [5, 5.41) is 16.1. The average Bonchev–Trinajstić information content (AvgIpc) is 2.84. The largest absolute Gasteiger partial charge is 0.377 e. The molecule has 0 aliphatic carbocycles. The highest BCUT2D eigenvalue weighted by atomic mass is 79.9. The molecule has 0 aliphatic heterocycles. The van der Waals surface area contributed by atoms with Crippen LogP contribution in [-0.4, -0.2) is 22.8 Å². The van der Waals surface area contributed by atoms with E-state index in [-0.39, 0.29) is 6.73 Å². The van der Waals surface area contributed by atoms with Crippen LogP contribution < -0.4 is 5.32 Å². The van der Waals surface area contributed by atoms with Crippen molar-refractivity contribution in [1.82, 2.24) is 10.5 Å². The Bertz CT molecular complexity index is 628. The van der Waals surface area contributed by atoms with Gasteiger partial charge in [-0.15, -0.1) is 0 Å². The normalized spacial score (nSPS) is 11.7. The number of aliphatic hydroxyl groups is 1. The van der Waals surface area contributed by atoms with Gasteiger partial charge in [0, 0.05) is 11.1 Å². The Balaban J connectivity index is 2.23. The van der Waals surface area contributed by atoms with E-state index in [1.807, 2.05) is 25.1 Å². The molecule has 2 rings (SSSR count). The Labute approximate surface area is 129 Å². The van der Waals surface area contributed by atoms with Gasteiger partial charge in [-0.25, -0.2) is 0 Å². The topological polar surface area (TPSA) is 70.7 Å². The number of hydrogen-bond acceptors (Lipinski definition) is 4. The van der Waals surface area contributed by atoms with Crippen molar-refractivity contribution in [2.75, 3.05) is 6.73 Å². The number of aryl methyl sites for hydroxylation is 1. The molecule has 0 spiro atoms. The van der Waals surface area contributed by atoms with Crippen LogP contribution in [0.25, 0.3) is 0 Å². The van der Waals surface area contributed by atoms with Crippen LogP contribution >= 0.6 is 27.5 Å². The molecule has 0 bridgehead atoms. The fraction of sp³-hybridized carbons (Fsp3) is 0.231. The number of amidine groups is 1. The van der Waals surface area contributed by atoms with Crippen molar-refractivity contribution in [1.29, 1.82) is 0 Å². The lowest BCUT2D eigenvalue weighted by Crippen LogP contribution is -2.25. The number of halogens is 2. The number of aromatic nitrogens is 1. The molecule has 1 aromatic heterocycles. The second-order valence-electron chi connectivity index (χ2n) is 4.08. The van der Waals surface area contributed by atoms with E-state index in [9.17, 15) is 0 Å². The summed E-state index contributed by atoms with van der Waals surface area (Å²) in [5.74, 6) is 0.885. The quantitative estimate of drug-likeness (QED) is 0.501. The number of rotatable bonds is 4. The van der Waals surface area contributed by atoms with E-state index in [2.05, 4.69) is 31.4 Å². The molecule has 0 saturated carbocycles. The zero-order valence-electron chi connectivity index (χ0n) is 10.7. The molecule has 1 heterocycles. The minimum atomic E-state index is -0.244. The number of nitrogens with one attached hydrogen (secondary N) is 1. The van der Waals surface area contributed by atoms with Crippen LogP contribution in [0.5, 0.6) is 0 Å². The van der Waals surface area contributed by atoms with Crippen LogP contribution in [0, 0.1) is 6.92 Å². The number of aliphatic hydroxyl groups excluding tert-OH is 1. The van der Waals surface area contributed by atoms with Gasteiger partial charge < -0.3 is 14.9 Å². The summed E-state index contributed by atoms with van der Waals surface area (Å²) in [6.45, 7) is 2.17. The van der Waals surface area contributed by atoms with E-state index in [4.69, 9.17) is 21.2 Å². The van der Waals surface area contributed by atoms with Gasteiger partial charge in [0.2, 0.25) is 5.76 Å². The fourth-order valence-corrected chi connectivity index (χ4v) is 2.11. The summed E-state index contributed by atoms with van der Waals surface area (Å²) in [5.41, 5.74) is 2.11. The maximum atomic E-state index is 9.01. The van der Waals surface area contributed by atoms with Gasteiger partial charge in [-0.3, -0.25) is 4.99 Å². The summed E-state index contributed by atoms with van der Waals surface area (Å²) in [4.78, 5) is 4.40. The predicted octanol–water partition coefficient (Wildman–Crippen LogP) is 2.89. The molecule has 2 N–H and O–H groups in total. The third kappa shape index (κ3) is 3.82. The van der Waals surface area contributed by atoms with Crippen molar-refractivity contribution in [3.8, 4) is 0 Å². The minimum absolute atomic E-state index is 0.244. The molecular weight excluding hydrogens is 346 g/mol. The van der Waals surface area contributed by atoms with E-state index in [0.29, 0.717) is 27.8 Å². The maximum absolute atomic E-state index is 9.01. The Kier molecular flexibility index (Phi) is 5.17. The van der Waals surface area contributed by atoms with Gasteiger partial charge in [0.15, 0.2) is 5.84 Å². The minimum Gasteiger partial charge on any atom is -0.377 e. The molecule has 0 saturated heterocycles. The van der Waals surface area contributed by atoms with Gasteiger partial charge in [-0.05, 0) is 46.1 Å². The third-order valence-corrected chi connectivity index (χ3v) is 3.29. The van der Waals surface area contributed by atoms with Crippen molar-refractivity contribution in [3.63, 3.8) is 0 Å². The van der Waals surface area contributed by atoms with Gasteiger partial charge in [-0.2, -0.15) is 0 Å². The second kappa shape index (κ2) is 6.88. The molecule has 0 aliphatic rings. The van der Waals surface area contributed by atoms with Gasteiger partial charge in [0.05, 0.1) is 6.54 Å². The van der Waals surface area contributed by atoms with E-state index in [0.717, 1.165) is 11.1 Å². The lowest BCUT2D eigenvalue weighted by atomic mass is 10.1. The first kappa shape index (κ1) is 15.0. The number of nitrogens with zero attached hydrogens (tertiary/aromatic N) is 2. The smallest absolute Gasteiger partial charge is 0.202 e. The first-order valence-corrected chi connectivity index (χ1v) is 7.04. The van der Waals surface area contributed by atoms with Gasteiger partial charge >= 0.3 is 0 Å². The van der Waals surface area contributed by atoms with Gasteiger partial charge in [0.1, 0.15) is 11.3 Å². The van der Waals surface area contributed by atoms with E-state index in [1.54, 1.807) is 6.07 Å². The predicted molar refractivity (Wildman–Crippen MR) is 80.9 cm³/mol. The first-order chi connectivity index (χ1) is 9.60. The molecule has 7 heteroatoms. The van der Waals surface area contributed by atoms with Crippen molar-refractivity contribution in [2.45, 2.75) is 13.5 Å². The van der Waals surface area contributed by atoms with Crippen LogP contribution in [0.4, 0.5) is 0 Å². The Morgan fingerprint density at radius 3 is 2.95 bits per heavy atom. The zero-order chi connectivity index (χ0) is 14.5. The lowest BCUT2D eigenvalue weighted by Gasteiger charge is -2.06. The third-order valence-electron chi connectivity index (χ3n) is 2.68. The highest BCUT2D eigenvalue weighted by Crippen LogP contribution is 2.17. The Morgan fingerprint density at radius 1 is 1.50 bits per heavy atom. The molecule has 0 fully saturated rings. The second-order valence-corrected chi connectivity index (χ2v) is 5.33. The fourth-order valence-electron chi connectivity index (χ4n) is 1.64. The van der Waals surface area contributed by atoms with E-state index in [1.165, 1.54) is 0 Å². The molecule has 0 unspecified atom stereocenters. The average molecular weight is 359 g/mol. The summed E-state index contributed by atoms with van der Waals surface area (Å²) >= 11 is 9.18. The SMILES string of the molecule is Cc1ccc(Cl)cc1CN=C(NCO)c1cc(Br)no1. The number of aliphatic imine (C=N–C) groups is 1. The number of hydrogen-bond donors (Lipinski definition) is 2. The Morgan fingerprint density at radius 2 is 2.30 bits per heavy atom. The standard InChI is InChI=1S/C13H13BrClN3O2/c1-8-2-3-10(15)4-9(8)6-16-13(17-7-19)11-5-12(14)18-20-11/h2-5,19H,6-7H2,1H3,(H,16,17). The van der Waals surface area contributed by atoms with Crippen molar-refractivity contribution < 1.29 is 9.63 Å². The maximum Gasteiger partial charge on any atom is 0.202 e. The summed E-state index contributed by atoms with van der Waals surface area (Å²) in [7, 11) is 0. The van der Waals surface area contributed by atoms with E-state index < -0.39 is 0 Å². The molecule has 20 heavy (non-hydrogen) atoms. The molecule has 106 valence electrons. The van der Waals surface area contributed by atoms with Gasteiger partial charge in [-0.1, -0.05) is 22.8 Å². The molecule has 0 radical (unpaired) electrons. The molecule has 0 amide bonds. The molecule has 2 aromatic rings. The molecule has 1 aromatic carbocycles.